The van der Waals surface area contributed by atoms with E-state index in [4.69, 9.17) is 5.84 Å². The zero-order chi connectivity index (χ0) is 13.9. The van der Waals surface area contributed by atoms with Crippen LogP contribution in [0.1, 0.15) is 17.8 Å². The largest absolute Gasteiger partial charge is 0.366 e. The van der Waals surface area contributed by atoms with Crippen molar-refractivity contribution in [2.75, 3.05) is 17.3 Å². The molecule has 4 N–H and O–H groups in total. The molecular weight excluding hydrogens is 274 g/mol. The topological polar surface area (TPSA) is 93.2 Å². The molecule has 0 saturated heterocycles. The Bertz CT molecular complexity index is 691. The van der Waals surface area contributed by atoms with Crippen LogP contribution >= 0.6 is 11.3 Å². The summed E-state index contributed by atoms with van der Waals surface area (Å²) in [6, 6.07) is 0. The summed E-state index contributed by atoms with van der Waals surface area (Å²) < 4.78 is 1.87. The third-order valence-electron chi connectivity index (χ3n) is 2.97. The smallest absolute Gasteiger partial charge is 0.180 e. The van der Waals surface area contributed by atoms with Crippen molar-refractivity contribution in [2.45, 2.75) is 12.8 Å². The third kappa shape index (κ3) is 2.43. The van der Waals surface area contributed by atoms with E-state index in [1.165, 1.54) is 0 Å². The molecule has 20 heavy (non-hydrogen) atoms. The van der Waals surface area contributed by atoms with Gasteiger partial charge in [-0.2, -0.15) is 0 Å². The summed E-state index contributed by atoms with van der Waals surface area (Å²) in [6.45, 7) is 2.86. The van der Waals surface area contributed by atoms with Crippen molar-refractivity contribution >= 4 is 28.6 Å². The average molecular weight is 289 g/mol. The van der Waals surface area contributed by atoms with Crippen LogP contribution in [0.2, 0.25) is 0 Å². The minimum atomic E-state index is 0.307. The number of aromatic nitrogens is 4. The summed E-state index contributed by atoms with van der Waals surface area (Å²) in [5, 5.41) is 6.40. The van der Waals surface area contributed by atoms with E-state index in [0.29, 0.717) is 17.6 Å². The molecule has 0 fully saturated rings. The number of thiazole rings is 1. The predicted molar refractivity (Wildman–Crippen MR) is 79.8 cm³/mol. The van der Waals surface area contributed by atoms with E-state index in [1.807, 2.05) is 22.2 Å². The first kappa shape index (κ1) is 12.8. The summed E-state index contributed by atoms with van der Waals surface area (Å²) in [4.78, 5) is 13.0. The lowest BCUT2D eigenvalue weighted by atomic mass is 10.2. The molecule has 0 saturated carbocycles. The van der Waals surface area contributed by atoms with E-state index >= 15 is 0 Å². The van der Waals surface area contributed by atoms with Crippen molar-refractivity contribution in [3.8, 4) is 0 Å². The number of hydrogen-bond donors (Lipinski definition) is 3. The third-order valence-corrected chi connectivity index (χ3v) is 3.98. The molecule has 7 nitrogen and oxygen atoms in total. The Morgan fingerprint density at radius 1 is 1.40 bits per heavy atom. The molecule has 104 valence electrons. The van der Waals surface area contributed by atoms with Gasteiger partial charge in [0.1, 0.15) is 0 Å². The van der Waals surface area contributed by atoms with Crippen LogP contribution in [0.4, 0.5) is 11.6 Å². The molecule has 3 aromatic heterocycles. The van der Waals surface area contributed by atoms with Gasteiger partial charge in [-0.25, -0.2) is 20.8 Å². The molecule has 1 atom stereocenters. The van der Waals surface area contributed by atoms with Crippen LogP contribution in [-0.4, -0.2) is 25.9 Å². The molecule has 0 bridgehead atoms. The van der Waals surface area contributed by atoms with Gasteiger partial charge in [0.05, 0.1) is 11.2 Å². The predicted octanol–water partition coefficient (Wildman–Crippen LogP) is 1.69. The number of nitrogen functional groups attached to an aromatic ring is 1. The normalized spacial score (nSPS) is 12.5. The van der Waals surface area contributed by atoms with E-state index < -0.39 is 0 Å². The van der Waals surface area contributed by atoms with Crippen molar-refractivity contribution < 1.29 is 0 Å². The Kier molecular flexibility index (Phi) is 3.48. The van der Waals surface area contributed by atoms with Gasteiger partial charge >= 0.3 is 0 Å². The minimum Gasteiger partial charge on any atom is -0.366 e. The van der Waals surface area contributed by atoms with Crippen LogP contribution in [-0.2, 0) is 0 Å². The number of fused-ring (bicyclic) bond motifs is 1. The number of rotatable bonds is 5. The van der Waals surface area contributed by atoms with Crippen LogP contribution in [0.25, 0.3) is 5.65 Å². The Labute approximate surface area is 119 Å². The summed E-state index contributed by atoms with van der Waals surface area (Å²) >= 11 is 1.65. The Hall–Kier alpha value is -2.19. The standard InChI is InChI=1S/C12H15N7S/c1-8(12-15-3-5-20-12)6-16-10-11-14-2-4-19(11)7-9(17-10)18-13/h2-5,7-8,18H,6,13H2,1H3,(H,16,17). The van der Waals surface area contributed by atoms with Gasteiger partial charge in [0, 0.05) is 36.4 Å². The van der Waals surface area contributed by atoms with Gasteiger partial charge in [0.15, 0.2) is 17.3 Å². The van der Waals surface area contributed by atoms with Crippen molar-refractivity contribution in [2.24, 2.45) is 5.84 Å². The van der Waals surface area contributed by atoms with Crippen molar-refractivity contribution in [1.82, 2.24) is 19.4 Å². The number of nitrogens with one attached hydrogen (secondary N) is 2. The lowest BCUT2D eigenvalue weighted by Crippen LogP contribution is -2.14. The summed E-state index contributed by atoms with van der Waals surface area (Å²) in [5.74, 6) is 7.02. The molecule has 3 aromatic rings. The summed E-state index contributed by atoms with van der Waals surface area (Å²) in [5.41, 5.74) is 3.33. The summed E-state index contributed by atoms with van der Waals surface area (Å²) in [6.07, 6.45) is 7.19. The molecule has 0 aliphatic rings. The first-order chi connectivity index (χ1) is 9.78. The second-order valence-corrected chi connectivity index (χ2v) is 5.36. The molecule has 8 heteroatoms. The maximum Gasteiger partial charge on any atom is 0.180 e. The number of nitrogens with zero attached hydrogens (tertiary/aromatic N) is 4. The van der Waals surface area contributed by atoms with Crippen LogP contribution in [0.15, 0.2) is 30.2 Å². The quantitative estimate of drug-likeness (QED) is 0.489. The van der Waals surface area contributed by atoms with Crippen LogP contribution in [0, 0.1) is 0 Å². The highest BCUT2D eigenvalue weighted by Gasteiger charge is 2.11. The van der Waals surface area contributed by atoms with Crippen LogP contribution in [0.5, 0.6) is 0 Å². The molecule has 0 radical (unpaired) electrons. The molecular formula is C12H15N7S. The molecule has 1 unspecified atom stereocenters. The lowest BCUT2D eigenvalue weighted by Gasteiger charge is -2.12. The van der Waals surface area contributed by atoms with Crippen molar-refractivity contribution in [3.63, 3.8) is 0 Å². The first-order valence-corrected chi connectivity index (χ1v) is 7.09. The van der Waals surface area contributed by atoms with E-state index in [-0.39, 0.29) is 0 Å². The van der Waals surface area contributed by atoms with Gasteiger partial charge < -0.3 is 15.1 Å². The number of hydrazine groups is 1. The Morgan fingerprint density at radius 2 is 2.30 bits per heavy atom. The number of anilines is 2. The minimum absolute atomic E-state index is 0.307. The van der Waals surface area contributed by atoms with Crippen molar-refractivity contribution in [1.29, 1.82) is 0 Å². The zero-order valence-electron chi connectivity index (χ0n) is 10.9. The molecule has 3 heterocycles. The second-order valence-electron chi connectivity index (χ2n) is 4.43. The molecule has 0 spiro atoms. The lowest BCUT2D eigenvalue weighted by molar-refractivity contribution is 0.791. The van der Waals surface area contributed by atoms with Gasteiger partial charge in [-0.05, 0) is 0 Å². The molecule has 0 aromatic carbocycles. The number of imidazole rings is 1. The maximum absolute atomic E-state index is 5.43. The van der Waals surface area contributed by atoms with Gasteiger partial charge in [-0.1, -0.05) is 6.92 Å². The highest BCUT2D eigenvalue weighted by molar-refractivity contribution is 7.09. The van der Waals surface area contributed by atoms with E-state index in [9.17, 15) is 0 Å². The molecule has 0 amide bonds. The van der Waals surface area contributed by atoms with Crippen LogP contribution < -0.4 is 16.6 Å². The van der Waals surface area contributed by atoms with Crippen LogP contribution in [0.3, 0.4) is 0 Å². The Balaban J connectivity index is 1.81. The second kappa shape index (κ2) is 5.43. The van der Waals surface area contributed by atoms with Gasteiger partial charge in [-0.3, -0.25) is 0 Å². The maximum atomic E-state index is 5.43. The van der Waals surface area contributed by atoms with Gasteiger partial charge in [0.25, 0.3) is 0 Å². The average Bonchev–Trinajstić information content (AvgIpc) is 3.14. The van der Waals surface area contributed by atoms with Gasteiger partial charge in [0.2, 0.25) is 0 Å². The Morgan fingerprint density at radius 3 is 3.05 bits per heavy atom. The first-order valence-electron chi connectivity index (χ1n) is 6.21. The van der Waals surface area contributed by atoms with Gasteiger partial charge in [-0.15, -0.1) is 11.3 Å². The van der Waals surface area contributed by atoms with E-state index in [0.717, 1.165) is 17.2 Å². The highest BCUT2D eigenvalue weighted by Crippen LogP contribution is 2.20. The number of hydrogen-bond acceptors (Lipinski definition) is 7. The zero-order valence-corrected chi connectivity index (χ0v) is 11.8. The highest BCUT2D eigenvalue weighted by atomic mass is 32.1. The van der Waals surface area contributed by atoms with E-state index in [1.54, 1.807) is 23.7 Å². The fraction of sp³-hybridized carbons (Fsp3) is 0.250. The monoisotopic (exact) mass is 289 g/mol. The molecule has 0 aliphatic heterocycles. The fourth-order valence-electron chi connectivity index (χ4n) is 1.93. The molecule has 3 rings (SSSR count). The molecule has 0 aliphatic carbocycles. The summed E-state index contributed by atoms with van der Waals surface area (Å²) in [7, 11) is 0. The van der Waals surface area contributed by atoms with E-state index in [2.05, 4.69) is 32.6 Å². The fourth-order valence-corrected chi connectivity index (χ4v) is 2.63. The van der Waals surface area contributed by atoms with Crippen molar-refractivity contribution in [3.05, 3.63) is 35.2 Å². The number of nitrogens with two attached hydrogens (primary N) is 1. The SMILES string of the molecule is CC(CNc1nc(NN)cn2ccnc12)c1nccs1.